The molecule has 88 valence electrons. The van der Waals surface area contributed by atoms with Crippen LogP contribution >= 0.6 is 0 Å². The van der Waals surface area contributed by atoms with Crippen LogP contribution < -0.4 is 0 Å². The van der Waals surface area contributed by atoms with Gasteiger partial charge in [-0.1, -0.05) is 68.1 Å². The second-order valence-electron chi connectivity index (χ2n) is 5.37. The van der Waals surface area contributed by atoms with Gasteiger partial charge in [0.2, 0.25) is 0 Å². The molecule has 1 fully saturated rings. The zero-order valence-electron chi connectivity index (χ0n) is 10.4. The van der Waals surface area contributed by atoms with E-state index in [9.17, 15) is 0 Å². The topological polar surface area (TPSA) is 0 Å². The van der Waals surface area contributed by atoms with Crippen molar-refractivity contribution < 1.29 is 0 Å². The second-order valence-corrected chi connectivity index (χ2v) is 5.37. The largest absolute Gasteiger partial charge is 0.0616 e. The molecule has 0 unspecified atom stereocenters. The molecule has 1 aliphatic carbocycles. The fourth-order valence-corrected chi connectivity index (χ4v) is 3.06. The Kier molecular flexibility index (Phi) is 3.13. The summed E-state index contributed by atoms with van der Waals surface area (Å²) in [7, 11) is 0. The van der Waals surface area contributed by atoms with Crippen molar-refractivity contribution in [2.75, 3.05) is 0 Å². The van der Waals surface area contributed by atoms with Crippen molar-refractivity contribution in [3.63, 3.8) is 0 Å². The molecule has 0 aromatic heterocycles. The Morgan fingerprint density at radius 2 is 1.65 bits per heavy atom. The molecule has 0 atom stereocenters. The Morgan fingerprint density at radius 1 is 0.882 bits per heavy atom. The lowest BCUT2D eigenvalue weighted by atomic mass is 9.97. The average Bonchev–Trinajstić information content (AvgIpc) is 2.89. The van der Waals surface area contributed by atoms with E-state index in [0.717, 1.165) is 5.92 Å². The molecule has 17 heavy (non-hydrogen) atoms. The lowest BCUT2D eigenvalue weighted by Gasteiger charge is -2.09. The molecule has 0 bridgehead atoms. The Balaban J connectivity index is 1.72. The van der Waals surface area contributed by atoms with Crippen molar-refractivity contribution in [3.05, 3.63) is 48.0 Å². The molecule has 1 aliphatic rings. The summed E-state index contributed by atoms with van der Waals surface area (Å²) in [6.45, 7) is 0. The molecular weight excluding hydrogens is 204 g/mol. The van der Waals surface area contributed by atoms with Gasteiger partial charge >= 0.3 is 0 Å². The van der Waals surface area contributed by atoms with Crippen LogP contribution in [0.4, 0.5) is 0 Å². The second kappa shape index (κ2) is 4.91. The maximum atomic E-state index is 2.37. The van der Waals surface area contributed by atoms with Crippen LogP contribution in [0.3, 0.4) is 0 Å². The normalized spacial score (nSPS) is 16.7. The van der Waals surface area contributed by atoms with Crippen molar-refractivity contribution in [2.24, 2.45) is 5.92 Å². The van der Waals surface area contributed by atoms with Crippen LogP contribution in [0.25, 0.3) is 10.8 Å². The predicted molar refractivity (Wildman–Crippen MR) is 74.2 cm³/mol. The molecular formula is C17H20. The monoisotopic (exact) mass is 224 g/mol. The van der Waals surface area contributed by atoms with Gasteiger partial charge in [-0.2, -0.15) is 0 Å². The third kappa shape index (κ3) is 2.52. The molecule has 0 radical (unpaired) electrons. The maximum absolute atomic E-state index is 2.37. The molecule has 0 spiro atoms. The van der Waals surface area contributed by atoms with E-state index in [1.807, 2.05) is 0 Å². The first-order valence-electron chi connectivity index (χ1n) is 6.89. The van der Waals surface area contributed by atoms with Crippen LogP contribution in [0.1, 0.15) is 37.7 Å². The third-order valence-electron chi connectivity index (χ3n) is 4.13. The Morgan fingerprint density at radius 3 is 2.47 bits per heavy atom. The molecule has 2 aromatic rings. The molecule has 0 aliphatic heterocycles. The average molecular weight is 224 g/mol. The van der Waals surface area contributed by atoms with E-state index >= 15 is 0 Å². The molecule has 0 heteroatoms. The zero-order valence-corrected chi connectivity index (χ0v) is 10.4. The number of hydrogen-bond donors (Lipinski definition) is 0. The highest BCUT2D eigenvalue weighted by molar-refractivity contribution is 5.82. The summed E-state index contributed by atoms with van der Waals surface area (Å²) in [5, 5.41) is 2.74. The number of benzene rings is 2. The SMILES string of the molecule is c1ccc2cc(CCC3CCCC3)ccc2c1. The van der Waals surface area contributed by atoms with E-state index < -0.39 is 0 Å². The minimum Gasteiger partial charge on any atom is -0.0616 e. The van der Waals surface area contributed by atoms with E-state index in [-0.39, 0.29) is 0 Å². The van der Waals surface area contributed by atoms with Crippen molar-refractivity contribution in [1.82, 2.24) is 0 Å². The van der Waals surface area contributed by atoms with Gasteiger partial charge in [-0.15, -0.1) is 0 Å². The van der Waals surface area contributed by atoms with Gasteiger partial charge in [0.05, 0.1) is 0 Å². The summed E-state index contributed by atoms with van der Waals surface area (Å²) < 4.78 is 0. The van der Waals surface area contributed by atoms with E-state index in [4.69, 9.17) is 0 Å². The molecule has 0 saturated heterocycles. The number of aryl methyl sites for hydroxylation is 1. The van der Waals surface area contributed by atoms with Crippen LogP contribution in [0.2, 0.25) is 0 Å². The first-order valence-corrected chi connectivity index (χ1v) is 6.89. The fraction of sp³-hybridized carbons (Fsp3) is 0.412. The van der Waals surface area contributed by atoms with Gasteiger partial charge in [0.1, 0.15) is 0 Å². The summed E-state index contributed by atoms with van der Waals surface area (Å²) >= 11 is 0. The van der Waals surface area contributed by atoms with Crippen LogP contribution in [-0.4, -0.2) is 0 Å². The van der Waals surface area contributed by atoms with Gasteiger partial charge in [0.25, 0.3) is 0 Å². The van der Waals surface area contributed by atoms with Crippen molar-refractivity contribution in [1.29, 1.82) is 0 Å². The number of fused-ring (bicyclic) bond motifs is 1. The standard InChI is InChI=1S/C17H20/c1-2-6-14(5-1)9-10-15-11-12-16-7-3-4-8-17(16)13-15/h3-4,7-8,11-14H,1-2,5-6,9-10H2. The number of hydrogen-bond acceptors (Lipinski definition) is 0. The van der Waals surface area contributed by atoms with Gasteiger partial charge in [0, 0.05) is 0 Å². The molecule has 0 amide bonds. The molecule has 1 saturated carbocycles. The van der Waals surface area contributed by atoms with Crippen LogP contribution in [0.15, 0.2) is 42.5 Å². The van der Waals surface area contributed by atoms with Gasteiger partial charge in [0.15, 0.2) is 0 Å². The molecule has 3 rings (SSSR count). The first-order chi connectivity index (χ1) is 8.42. The Labute approximate surface area is 104 Å². The van der Waals surface area contributed by atoms with E-state index in [1.54, 1.807) is 0 Å². The van der Waals surface area contributed by atoms with E-state index in [1.165, 1.54) is 54.9 Å². The molecule has 0 N–H and O–H groups in total. The summed E-state index contributed by atoms with van der Waals surface area (Å²) in [5.41, 5.74) is 1.51. The predicted octanol–water partition coefficient (Wildman–Crippen LogP) is 4.96. The lowest BCUT2D eigenvalue weighted by Crippen LogP contribution is -1.96. The Hall–Kier alpha value is -1.30. The molecule has 0 nitrogen and oxygen atoms in total. The van der Waals surface area contributed by atoms with Gasteiger partial charge in [-0.3, -0.25) is 0 Å². The lowest BCUT2D eigenvalue weighted by molar-refractivity contribution is 0.504. The number of rotatable bonds is 3. The van der Waals surface area contributed by atoms with Crippen molar-refractivity contribution in [3.8, 4) is 0 Å². The van der Waals surface area contributed by atoms with E-state index in [2.05, 4.69) is 42.5 Å². The Bertz CT molecular complexity index is 492. The molecule has 0 heterocycles. The maximum Gasteiger partial charge on any atom is -0.0181 e. The van der Waals surface area contributed by atoms with Crippen LogP contribution in [-0.2, 0) is 6.42 Å². The van der Waals surface area contributed by atoms with Gasteiger partial charge in [-0.25, -0.2) is 0 Å². The quantitative estimate of drug-likeness (QED) is 0.691. The smallest absolute Gasteiger partial charge is 0.0181 e. The van der Waals surface area contributed by atoms with Gasteiger partial charge < -0.3 is 0 Å². The van der Waals surface area contributed by atoms with Gasteiger partial charge in [-0.05, 0) is 35.1 Å². The summed E-state index contributed by atoms with van der Waals surface area (Å²) in [6, 6.07) is 15.6. The summed E-state index contributed by atoms with van der Waals surface area (Å²) in [4.78, 5) is 0. The first kappa shape index (κ1) is 10.8. The third-order valence-corrected chi connectivity index (χ3v) is 4.13. The minimum absolute atomic E-state index is 1.00. The van der Waals surface area contributed by atoms with Crippen molar-refractivity contribution in [2.45, 2.75) is 38.5 Å². The summed E-state index contributed by atoms with van der Waals surface area (Å²) in [5.74, 6) is 1.00. The van der Waals surface area contributed by atoms with Crippen molar-refractivity contribution >= 4 is 10.8 Å². The highest BCUT2D eigenvalue weighted by atomic mass is 14.2. The minimum atomic E-state index is 1.00. The molecule has 2 aromatic carbocycles. The highest BCUT2D eigenvalue weighted by Crippen LogP contribution is 2.29. The van der Waals surface area contributed by atoms with E-state index in [0.29, 0.717) is 0 Å². The zero-order chi connectivity index (χ0) is 11.5. The summed E-state index contributed by atoms with van der Waals surface area (Å²) in [6.07, 6.45) is 8.50. The van der Waals surface area contributed by atoms with Crippen LogP contribution in [0.5, 0.6) is 0 Å². The van der Waals surface area contributed by atoms with Crippen LogP contribution in [0, 0.1) is 5.92 Å². The highest BCUT2D eigenvalue weighted by Gasteiger charge is 2.14. The fourth-order valence-electron chi connectivity index (χ4n) is 3.06.